The maximum atomic E-state index is 12.8. The minimum atomic E-state index is -0.482. The van der Waals surface area contributed by atoms with E-state index in [4.69, 9.17) is 0 Å². The van der Waals surface area contributed by atoms with E-state index in [1.54, 1.807) is 30.3 Å². The Morgan fingerprint density at radius 2 is 1.53 bits per heavy atom. The third kappa shape index (κ3) is 6.28. The van der Waals surface area contributed by atoms with Gasteiger partial charge in [-0.05, 0) is 55.3 Å². The molecule has 0 fully saturated rings. The Morgan fingerprint density at radius 3 is 2.16 bits per heavy atom. The molecule has 164 valence electrons. The van der Waals surface area contributed by atoms with Gasteiger partial charge in [0.2, 0.25) is 11.8 Å². The van der Waals surface area contributed by atoms with Gasteiger partial charge < -0.3 is 16.0 Å². The van der Waals surface area contributed by atoms with Gasteiger partial charge in [0.15, 0.2) is 0 Å². The van der Waals surface area contributed by atoms with Crippen molar-refractivity contribution in [2.45, 2.75) is 33.2 Å². The molecule has 3 aromatic carbocycles. The second-order valence-corrected chi connectivity index (χ2v) is 7.77. The first-order chi connectivity index (χ1) is 15.3. The Bertz CT molecular complexity index is 1110. The molecule has 6 heteroatoms. The Hall–Kier alpha value is -3.93. The highest BCUT2D eigenvalue weighted by atomic mass is 16.2. The van der Waals surface area contributed by atoms with Crippen LogP contribution in [0.4, 0.5) is 11.4 Å². The van der Waals surface area contributed by atoms with Gasteiger partial charge in [-0.1, -0.05) is 48.0 Å². The van der Waals surface area contributed by atoms with Gasteiger partial charge in [0.05, 0.1) is 12.5 Å². The lowest BCUT2D eigenvalue weighted by molar-refractivity contribution is -0.116. The Labute approximate surface area is 188 Å². The van der Waals surface area contributed by atoms with Crippen LogP contribution in [0.3, 0.4) is 0 Å². The van der Waals surface area contributed by atoms with Crippen LogP contribution >= 0.6 is 0 Å². The summed E-state index contributed by atoms with van der Waals surface area (Å²) < 4.78 is 0. The number of rotatable bonds is 7. The van der Waals surface area contributed by atoms with Gasteiger partial charge in [-0.2, -0.15) is 0 Å². The summed E-state index contributed by atoms with van der Waals surface area (Å²) >= 11 is 0. The molecule has 0 radical (unpaired) electrons. The predicted molar refractivity (Wildman–Crippen MR) is 127 cm³/mol. The molecule has 1 unspecified atom stereocenters. The van der Waals surface area contributed by atoms with Crippen LogP contribution in [0.1, 0.15) is 46.4 Å². The number of aryl methyl sites for hydroxylation is 2. The highest BCUT2D eigenvalue weighted by molar-refractivity contribution is 5.96. The first kappa shape index (κ1) is 22.7. The van der Waals surface area contributed by atoms with Gasteiger partial charge in [0.1, 0.15) is 0 Å². The molecule has 0 bridgehead atoms. The molecule has 0 saturated heterocycles. The van der Waals surface area contributed by atoms with Gasteiger partial charge in [0, 0.05) is 23.9 Å². The third-order valence-electron chi connectivity index (χ3n) is 5.03. The van der Waals surface area contributed by atoms with Gasteiger partial charge in [0.25, 0.3) is 5.91 Å². The maximum Gasteiger partial charge on any atom is 0.251 e. The summed E-state index contributed by atoms with van der Waals surface area (Å²) in [6.07, 6.45) is 0.0775. The number of anilines is 2. The molecule has 1 atom stereocenters. The third-order valence-corrected chi connectivity index (χ3v) is 5.03. The van der Waals surface area contributed by atoms with Crippen molar-refractivity contribution in [1.82, 2.24) is 5.32 Å². The molecule has 3 aromatic rings. The molecule has 3 amide bonds. The van der Waals surface area contributed by atoms with E-state index in [1.807, 2.05) is 56.3 Å². The number of benzene rings is 3. The van der Waals surface area contributed by atoms with Crippen molar-refractivity contribution in [2.75, 3.05) is 10.6 Å². The number of carbonyl (C=O) groups excluding carboxylic acids is 3. The number of hydrogen-bond acceptors (Lipinski definition) is 3. The number of hydrogen-bond donors (Lipinski definition) is 3. The Morgan fingerprint density at radius 1 is 0.844 bits per heavy atom. The van der Waals surface area contributed by atoms with Gasteiger partial charge in [-0.25, -0.2) is 0 Å². The van der Waals surface area contributed by atoms with Crippen LogP contribution in [-0.4, -0.2) is 17.7 Å². The smallest absolute Gasteiger partial charge is 0.251 e. The predicted octanol–water partition coefficient (Wildman–Crippen LogP) is 4.76. The van der Waals surface area contributed by atoms with Crippen LogP contribution in [0.2, 0.25) is 0 Å². The molecule has 3 N–H and O–H groups in total. The van der Waals surface area contributed by atoms with E-state index in [0.29, 0.717) is 16.9 Å². The lowest BCUT2D eigenvalue weighted by Crippen LogP contribution is -2.31. The van der Waals surface area contributed by atoms with Crippen LogP contribution in [0.5, 0.6) is 0 Å². The van der Waals surface area contributed by atoms with Gasteiger partial charge in [-0.3, -0.25) is 14.4 Å². The van der Waals surface area contributed by atoms with Crippen LogP contribution in [0, 0.1) is 13.8 Å². The lowest BCUT2D eigenvalue weighted by atomic mass is 10.0. The highest BCUT2D eigenvalue weighted by Gasteiger charge is 2.19. The van der Waals surface area contributed by atoms with E-state index < -0.39 is 6.04 Å². The number of nitrogens with one attached hydrogen (secondary N) is 3. The van der Waals surface area contributed by atoms with Crippen LogP contribution in [0.15, 0.2) is 72.8 Å². The van der Waals surface area contributed by atoms with E-state index in [-0.39, 0.29) is 24.1 Å². The molecule has 32 heavy (non-hydrogen) atoms. The first-order valence-corrected chi connectivity index (χ1v) is 10.4. The van der Waals surface area contributed by atoms with Gasteiger partial charge in [-0.15, -0.1) is 0 Å². The maximum absolute atomic E-state index is 12.8. The van der Waals surface area contributed by atoms with E-state index >= 15 is 0 Å². The first-order valence-electron chi connectivity index (χ1n) is 10.4. The van der Waals surface area contributed by atoms with Crippen molar-refractivity contribution in [1.29, 1.82) is 0 Å². The Kier molecular flexibility index (Phi) is 7.39. The average Bonchev–Trinajstić information content (AvgIpc) is 2.76. The van der Waals surface area contributed by atoms with Crippen LogP contribution in [0.25, 0.3) is 0 Å². The second-order valence-electron chi connectivity index (χ2n) is 7.77. The van der Waals surface area contributed by atoms with Crippen molar-refractivity contribution in [3.8, 4) is 0 Å². The topological polar surface area (TPSA) is 87.3 Å². The molecular weight excluding hydrogens is 402 g/mol. The van der Waals surface area contributed by atoms with Crippen molar-refractivity contribution < 1.29 is 14.4 Å². The number of amides is 3. The van der Waals surface area contributed by atoms with Crippen LogP contribution < -0.4 is 16.0 Å². The lowest BCUT2D eigenvalue weighted by Gasteiger charge is -2.19. The fourth-order valence-electron chi connectivity index (χ4n) is 3.35. The minimum Gasteiger partial charge on any atom is -0.345 e. The summed E-state index contributed by atoms with van der Waals surface area (Å²) in [4.78, 5) is 36.8. The largest absolute Gasteiger partial charge is 0.345 e. The summed E-state index contributed by atoms with van der Waals surface area (Å²) in [5.41, 5.74) is 4.62. The average molecular weight is 430 g/mol. The highest BCUT2D eigenvalue weighted by Crippen LogP contribution is 2.22. The fourth-order valence-corrected chi connectivity index (χ4v) is 3.35. The van der Waals surface area contributed by atoms with Crippen molar-refractivity contribution >= 4 is 29.1 Å². The standard InChI is InChI=1S/C26H27N3O3/c1-17-9-11-21(12-10-17)26(32)29-24(20-7-5-4-6-8-20)16-25(31)28-22-13-14-23(18(2)15-22)27-19(3)30/h4-15,24H,16H2,1-3H3,(H,27,30)(H,28,31)(H,29,32). The monoisotopic (exact) mass is 429 g/mol. The molecule has 3 rings (SSSR count). The molecule has 0 aliphatic heterocycles. The molecule has 0 aliphatic carbocycles. The number of carbonyl (C=O) groups is 3. The van der Waals surface area contributed by atoms with E-state index in [1.165, 1.54) is 6.92 Å². The van der Waals surface area contributed by atoms with Crippen molar-refractivity contribution in [2.24, 2.45) is 0 Å². The zero-order valence-corrected chi connectivity index (χ0v) is 18.4. The molecule has 0 heterocycles. The minimum absolute atomic E-state index is 0.0775. The Balaban J connectivity index is 1.72. The molecule has 0 aliphatic rings. The normalized spacial score (nSPS) is 11.3. The van der Waals surface area contributed by atoms with E-state index in [0.717, 1.165) is 16.7 Å². The molecule has 0 aromatic heterocycles. The summed E-state index contributed by atoms with van der Waals surface area (Å²) in [6.45, 7) is 5.27. The zero-order chi connectivity index (χ0) is 23.1. The molecular formula is C26H27N3O3. The van der Waals surface area contributed by atoms with Gasteiger partial charge >= 0.3 is 0 Å². The fraction of sp³-hybridized carbons (Fsp3) is 0.192. The van der Waals surface area contributed by atoms with E-state index in [9.17, 15) is 14.4 Å². The second kappa shape index (κ2) is 10.4. The summed E-state index contributed by atoms with van der Waals surface area (Å²) in [5, 5.41) is 8.61. The quantitative estimate of drug-likeness (QED) is 0.506. The van der Waals surface area contributed by atoms with Crippen molar-refractivity contribution in [3.05, 3.63) is 95.1 Å². The molecule has 0 spiro atoms. The summed E-state index contributed by atoms with van der Waals surface area (Å²) in [5.74, 6) is -0.614. The zero-order valence-electron chi connectivity index (χ0n) is 18.4. The SMILES string of the molecule is CC(=O)Nc1ccc(NC(=O)CC(NC(=O)c2ccc(C)cc2)c2ccccc2)cc1C. The van der Waals surface area contributed by atoms with Crippen molar-refractivity contribution in [3.63, 3.8) is 0 Å². The molecule has 0 saturated carbocycles. The van der Waals surface area contributed by atoms with E-state index in [2.05, 4.69) is 16.0 Å². The summed E-state index contributed by atoms with van der Waals surface area (Å²) in [6, 6.07) is 21.5. The summed E-state index contributed by atoms with van der Waals surface area (Å²) in [7, 11) is 0. The van der Waals surface area contributed by atoms with Crippen LogP contribution in [-0.2, 0) is 9.59 Å². The molecule has 6 nitrogen and oxygen atoms in total.